The largest absolute Gasteiger partial charge is 0.300 e. The molecule has 0 saturated heterocycles. The molecular formula is C12H17N. The molecule has 1 unspecified atom stereocenters. The van der Waals surface area contributed by atoms with Crippen LogP contribution in [0, 0.1) is 12.3 Å². The Morgan fingerprint density at radius 3 is 2.77 bits per heavy atom. The van der Waals surface area contributed by atoms with Gasteiger partial charge in [0.05, 0.1) is 6.04 Å². The van der Waals surface area contributed by atoms with E-state index in [-0.39, 0.29) is 6.04 Å². The highest BCUT2D eigenvalue weighted by Crippen LogP contribution is 2.04. The lowest BCUT2D eigenvalue weighted by Gasteiger charge is -2.12. The first-order chi connectivity index (χ1) is 6.29. The number of likely N-dealkylation sites (N-methyl/N-ethyl adjacent to an activating group) is 1. The van der Waals surface area contributed by atoms with Crippen LogP contribution < -0.4 is 5.32 Å². The Labute approximate surface area is 81.2 Å². The zero-order valence-corrected chi connectivity index (χ0v) is 8.38. The van der Waals surface area contributed by atoms with Gasteiger partial charge in [0.15, 0.2) is 0 Å². The van der Waals surface area contributed by atoms with Crippen molar-refractivity contribution in [3.63, 3.8) is 0 Å². The molecule has 0 radical (unpaired) electrons. The Hall–Kier alpha value is -1.26. The maximum atomic E-state index is 5.40. The van der Waals surface area contributed by atoms with E-state index in [1.165, 1.54) is 0 Å². The molecule has 0 aliphatic heterocycles. The minimum Gasteiger partial charge on any atom is -0.300 e. The van der Waals surface area contributed by atoms with E-state index < -0.39 is 0 Å². The molecule has 0 saturated carbocycles. The molecule has 0 aromatic carbocycles. The van der Waals surface area contributed by atoms with E-state index >= 15 is 0 Å². The van der Waals surface area contributed by atoms with Gasteiger partial charge in [-0.3, -0.25) is 0 Å². The SMILES string of the molecule is C#CC(NCC)C(/C=C\C)=C/C=C. The minimum atomic E-state index is -0.0146. The van der Waals surface area contributed by atoms with Crippen molar-refractivity contribution < 1.29 is 0 Å². The fourth-order valence-corrected chi connectivity index (χ4v) is 1.05. The van der Waals surface area contributed by atoms with Gasteiger partial charge in [-0.15, -0.1) is 6.42 Å². The molecular weight excluding hydrogens is 158 g/mol. The predicted octanol–water partition coefficient (Wildman–Crippen LogP) is 2.29. The topological polar surface area (TPSA) is 12.0 Å². The van der Waals surface area contributed by atoms with Gasteiger partial charge in [0.1, 0.15) is 0 Å². The third-order valence-electron chi connectivity index (χ3n) is 1.58. The highest BCUT2D eigenvalue weighted by molar-refractivity contribution is 5.34. The Kier molecular flexibility index (Phi) is 6.68. The van der Waals surface area contributed by atoms with Crippen LogP contribution in [0.15, 0.2) is 36.5 Å². The lowest BCUT2D eigenvalue weighted by atomic mass is 10.1. The summed E-state index contributed by atoms with van der Waals surface area (Å²) in [7, 11) is 0. The summed E-state index contributed by atoms with van der Waals surface area (Å²) in [4.78, 5) is 0. The van der Waals surface area contributed by atoms with Gasteiger partial charge < -0.3 is 5.32 Å². The Bertz CT molecular complexity index is 240. The summed E-state index contributed by atoms with van der Waals surface area (Å²) in [6.45, 7) is 8.52. The molecule has 0 heterocycles. The molecule has 0 amide bonds. The summed E-state index contributed by atoms with van der Waals surface area (Å²) in [5.41, 5.74) is 1.07. The molecule has 0 aromatic rings. The molecule has 0 aliphatic rings. The maximum absolute atomic E-state index is 5.40. The van der Waals surface area contributed by atoms with Crippen LogP contribution in [-0.2, 0) is 0 Å². The summed E-state index contributed by atoms with van der Waals surface area (Å²) in [5.74, 6) is 2.69. The maximum Gasteiger partial charge on any atom is 0.0943 e. The van der Waals surface area contributed by atoms with Crippen molar-refractivity contribution in [2.24, 2.45) is 0 Å². The second-order valence-electron chi connectivity index (χ2n) is 2.56. The first-order valence-electron chi connectivity index (χ1n) is 4.44. The summed E-state index contributed by atoms with van der Waals surface area (Å²) in [5, 5.41) is 3.20. The van der Waals surface area contributed by atoms with Gasteiger partial charge in [-0.2, -0.15) is 0 Å². The van der Waals surface area contributed by atoms with E-state index in [1.54, 1.807) is 6.08 Å². The van der Waals surface area contributed by atoms with Crippen molar-refractivity contribution in [3.05, 3.63) is 36.5 Å². The van der Waals surface area contributed by atoms with Crippen molar-refractivity contribution in [1.82, 2.24) is 5.32 Å². The van der Waals surface area contributed by atoms with Crippen molar-refractivity contribution in [3.8, 4) is 12.3 Å². The van der Waals surface area contributed by atoms with Crippen LogP contribution >= 0.6 is 0 Å². The quantitative estimate of drug-likeness (QED) is 0.499. The summed E-state index contributed by atoms with van der Waals surface area (Å²) in [6, 6.07) is -0.0146. The lowest BCUT2D eigenvalue weighted by molar-refractivity contribution is 0.705. The van der Waals surface area contributed by atoms with Crippen molar-refractivity contribution in [2.45, 2.75) is 19.9 Å². The number of allylic oxidation sites excluding steroid dienone is 3. The van der Waals surface area contributed by atoms with E-state index in [0.29, 0.717) is 0 Å². The van der Waals surface area contributed by atoms with Crippen molar-refractivity contribution in [2.75, 3.05) is 6.54 Å². The molecule has 1 heteroatoms. The molecule has 0 fully saturated rings. The second-order valence-corrected chi connectivity index (χ2v) is 2.56. The van der Waals surface area contributed by atoms with Gasteiger partial charge in [-0.1, -0.05) is 43.7 Å². The van der Waals surface area contributed by atoms with Gasteiger partial charge >= 0.3 is 0 Å². The zero-order valence-electron chi connectivity index (χ0n) is 8.38. The van der Waals surface area contributed by atoms with Crippen molar-refractivity contribution in [1.29, 1.82) is 0 Å². The first kappa shape index (κ1) is 11.7. The normalized spacial score (nSPS) is 14.1. The standard InChI is InChI=1S/C12H17N/c1-5-9-11(10-6-2)12(7-3)13-8-4/h3,5-6,9-10,12-13H,1,8H2,2,4H3/b10-6-,11-9+. The number of hydrogen-bond acceptors (Lipinski definition) is 1. The Balaban J connectivity index is 4.60. The van der Waals surface area contributed by atoms with Crippen LogP contribution in [0.1, 0.15) is 13.8 Å². The number of terminal acetylenes is 1. The predicted molar refractivity (Wildman–Crippen MR) is 59.4 cm³/mol. The average molecular weight is 175 g/mol. The van der Waals surface area contributed by atoms with Gasteiger partial charge in [0.25, 0.3) is 0 Å². The van der Waals surface area contributed by atoms with E-state index in [0.717, 1.165) is 12.1 Å². The molecule has 0 aromatic heterocycles. The van der Waals surface area contributed by atoms with Crippen molar-refractivity contribution >= 4 is 0 Å². The summed E-state index contributed by atoms with van der Waals surface area (Å²) in [6.07, 6.45) is 13.0. The number of nitrogens with one attached hydrogen (secondary N) is 1. The number of hydrogen-bond donors (Lipinski definition) is 1. The molecule has 13 heavy (non-hydrogen) atoms. The molecule has 1 nitrogen and oxygen atoms in total. The Morgan fingerprint density at radius 2 is 2.38 bits per heavy atom. The Morgan fingerprint density at radius 1 is 1.69 bits per heavy atom. The lowest BCUT2D eigenvalue weighted by Crippen LogP contribution is -2.28. The molecule has 0 rings (SSSR count). The van der Waals surface area contributed by atoms with E-state index in [9.17, 15) is 0 Å². The number of rotatable bonds is 5. The van der Waals surface area contributed by atoms with E-state index in [1.807, 2.05) is 32.1 Å². The average Bonchev–Trinajstić information content (AvgIpc) is 2.14. The van der Waals surface area contributed by atoms with Crippen LogP contribution in [0.3, 0.4) is 0 Å². The summed E-state index contributed by atoms with van der Waals surface area (Å²) >= 11 is 0. The van der Waals surface area contributed by atoms with E-state index in [2.05, 4.69) is 17.8 Å². The van der Waals surface area contributed by atoms with Gasteiger partial charge in [-0.25, -0.2) is 0 Å². The minimum absolute atomic E-state index is 0.0146. The highest BCUT2D eigenvalue weighted by Gasteiger charge is 2.04. The second kappa shape index (κ2) is 7.39. The van der Waals surface area contributed by atoms with E-state index in [4.69, 9.17) is 6.42 Å². The fraction of sp³-hybridized carbons (Fsp3) is 0.333. The van der Waals surface area contributed by atoms with Crippen LogP contribution in [0.5, 0.6) is 0 Å². The molecule has 0 spiro atoms. The van der Waals surface area contributed by atoms with Gasteiger partial charge in [-0.05, 0) is 19.0 Å². The fourth-order valence-electron chi connectivity index (χ4n) is 1.05. The third kappa shape index (κ3) is 4.35. The molecule has 70 valence electrons. The van der Waals surface area contributed by atoms with Crippen LogP contribution in [-0.4, -0.2) is 12.6 Å². The van der Waals surface area contributed by atoms with Crippen LogP contribution in [0.4, 0.5) is 0 Å². The zero-order chi connectivity index (χ0) is 10.1. The van der Waals surface area contributed by atoms with Gasteiger partial charge in [0, 0.05) is 0 Å². The third-order valence-corrected chi connectivity index (χ3v) is 1.58. The molecule has 1 N–H and O–H groups in total. The smallest absolute Gasteiger partial charge is 0.0943 e. The first-order valence-corrected chi connectivity index (χ1v) is 4.44. The van der Waals surface area contributed by atoms with Gasteiger partial charge in [0.2, 0.25) is 0 Å². The highest BCUT2D eigenvalue weighted by atomic mass is 14.9. The van der Waals surface area contributed by atoms with Crippen LogP contribution in [0.2, 0.25) is 0 Å². The molecule has 1 atom stereocenters. The van der Waals surface area contributed by atoms with Crippen LogP contribution in [0.25, 0.3) is 0 Å². The molecule has 0 bridgehead atoms. The molecule has 0 aliphatic carbocycles. The summed E-state index contributed by atoms with van der Waals surface area (Å²) < 4.78 is 0. The monoisotopic (exact) mass is 175 g/mol.